The molecule has 0 spiro atoms. The zero-order valence-corrected chi connectivity index (χ0v) is 10.9. The molecule has 0 saturated heterocycles. The Labute approximate surface area is 98.7 Å². The molecule has 0 aliphatic carbocycles. The number of rotatable bonds is 9. The maximum atomic E-state index is 11.5. The molecule has 1 N–H and O–H groups in total. The van der Waals surface area contributed by atoms with E-state index >= 15 is 0 Å². The van der Waals surface area contributed by atoms with E-state index in [2.05, 4.69) is 26.1 Å². The number of amides is 1. The Morgan fingerprint density at radius 1 is 1.19 bits per heavy atom. The Morgan fingerprint density at radius 2 is 1.88 bits per heavy atom. The second-order valence-electron chi connectivity index (χ2n) is 4.38. The first-order valence-corrected chi connectivity index (χ1v) is 5.91. The van der Waals surface area contributed by atoms with E-state index in [1.165, 1.54) is 0 Å². The quantitative estimate of drug-likeness (QED) is 0.611. The van der Waals surface area contributed by atoms with Gasteiger partial charge in [0.2, 0.25) is 5.91 Å². The Balaban J connectivity index is 3.37. The molecule has 4 nitrogen and oxygen atoms in total. The van der Waals surface area contributed by atoms with Crippen molar-refractivity contribution in [3.05, 3.63) is 0 Å². The molecule has 96 valence electrons. The second-order valence-corrected chi connectivity index (χ2v) is 4.38. The smallest absolute Gasteiger partial charge is 0.220 e. The molecule has 0 rings (SSSR count). The molecule has 0 heterocycles. The lowest BCUT2D eigenvalue weighted by Crippen LogP contribution is -2.29. The van der Waals surface area contributed by atoms with Crippen LogP contribution in [0.3, 0.4) is 0 Å². The van der Waals surface area contributed by atoms with E-state index in [1.54, 1.807) is 7.11 Å². The maximum Gasteiger partial charge on any atom is 0.220 e. The van der Waals surface area contributed by atoms with Crippen molar-refractivity contribution >= 4 is 5.91 Å². The van der Waals surface area contributed by atoms with Crippen LogP contribution in [0.25, 0.3) is 0 Å². The minimum absolute atomic E-state index is 0.108. The molecule has 0 aromatic rings. The van der Waals surface area contributed by atoms with Crippen LogP contribution in [-0.2, 0) is 14.3 Å². The van der Waals surface area contributed by atoms with Crippen molar-refractivity contribution in [3.8, 4) is 0 Å². The highest BCUT2D eigenvalue weighted by atomic mass is 16.5. The van der Waals surface area contributed by atoms with Crippen LogP contribution in [0, 0.1) is 11.8 Å². The van der Waals surface area contributed by atoms with Gasteiger partial charge in [-0.1, -0.05) is 20.8 Å². The van der Waals surface area contributed by atoms with Crippen LogP contribution >= 0.6 is 0 Å². The van der Waals surface area contributed by atoms with Crippen LogP contribution in [0.4, 0.5) is 0 Å². The van der Waals surface area contributed by atoms with Crippen LogP contribution in [0.1, 0.15) is 27.2 Å². The van der Waals surface area contributed by atoms with Gasteiger partial charge >= 0.3 is 0 Å². The molecule has 0 aliphatic heterocycles. The van der Waals surface area contributed by atoms with Crippen LogP contribution in [-0.4, -0.2) is 39.4 Å². The first-order valence-electron chi connectivity index (χ1n) is 5.91. The molecule has 0 radical (unpaired) electrons. The Morgan fingerprint density at radius 3 is 2.44 bits per heavy atom. The number of methoxy groups -OCH3 is 1. The van der Waals surface area contributed by atoms with Gasteiger partial charge in [-0.3, -0.25) is 4.79 Å². The largest absolute Gasteiger partial charge is 0.382 e. The van der Waals surface area contributed by atoms with E-state index < -0.39 is 0 Å². The Hall–Kier alpha value is -0.610. The van der Waals surface area contributed by atoms with Crippen molar-refractivity contribution in [3.63, 3.8) is 0 Å². The highest BCUT2D eigenvalue weighted by Gasteiger charge is 2.11. The number of ether oxygens (including phenoxy) is 2. The van der Waals surface area contributed by atoms with Crippen molar-refractivity contribution in [2.24, 2.45) is 11.8 Å². The average molecular weight is 231 g/mol. The fourth-order valence-corrected chi connectivity index (χ4v) is 1.11. The lowest BCUT2D eigenvalue weighted by atomic mass is 9.94. The molecular formula is C12H25NO3. The van der Waals surface area contributed by atoms with Gasteiger partial charge in [-0.2, -0.15) is 0 Å². The van der Waals surface area contributed by atoms with Crippen molar-refractivity contribution in [2.75, 3.05) is 33.5 Å². The van der Waals surface area contributed by atoms with Crippen LogP contribution in [0.2, 0.25) is 0 Å². The second kappa shape index (κ2) is 9.60. The lowest BCUT2D eigenvalue weighted by molar-refractivity contribution is -0.122. The fraction of sp³-hybridized carbons (Fsp3) is 0.917. The zero-order chi connectivity index (χ0) is 12.4. The molecule has 0 saturated carbocycles. The van der Waals surface area contributed by atoms with Crippen molar-refractivity contribution in [1.29, 1.82) is 0 Å². The summed E-state index contributed by atoms with van der Waals surface area (Å²) in [4.78, 5) is 11.5. The van der Waals surface area contributed by atoms with Gasteiger partial charge in [-0.15, -0.1) is 0 Å². The maximum absolute atomic E-state index is 11.5. The molecule has 0 aliphatic rings. The zero-order valence-electron chi connectivity index (χ0n) is 10.9. The summed E-state index contributed by atoms with van der Waals surface area (Å²) in [6, 6.07) is 0. The summed E-state index contributed by atoms with van der Waals surface area (Å²) in [5.74, 6) is 1.08. The van der Waals surface area contributed by atoms with Gasteiger partial charge in [0, 0.05) is 20.1 Å². The SMILES string of the molecule is COCCOCCNC(=O)CC(C)C(C)C. The van der Waals surface area contributed by atoms with Crippen molar-refractivity contribution in [2.45, 2.75) is 27.2 Å². The van der Waals surface area contributed by atoms with E-state index in [4.69, 9.17) is 9.47 Å². The van der Waals surface area contributed by atoms with E-state index in [0.717, 1.165) is 0 Å². The summed E-state index contributed by atoms with van der Waals surface area (Å²) in [5, 5.41) is 2.84. The first-order chi connectivity index (χ1) is 7.57. The molecule has 0 fully saturated rings. The predicted octanol–water partition coefficient (Wildman–Crippen LogP) is 1.45. The summed E-state index contributed by atoms with van der Waals surface area (Å²) < 4.78 is 10.1. The number of carbonyl (C=O) groups excluding carboxylic acids is 1. The number of carbonyl (C=O) groups is 1. The van der Waals surface area contributed by atoms with Gasteiger partial charge < -0.3 is 14.8 Å². The molecular weight excluding hydrogens is 206 g/mol. The topological polar surface area (TPSA) is 47.6 Å². The number of nitrogens with one attached hydrogen (secondary N) is 1. The summed E-state index contributed by atoms with van der Waals surface area (Å²) in [7, 11) is 1.64. The van der Waals surface area contributed by atoms with E-state index in [0.29, 0.717) is 44.6 Å². The van der Waals surface area contributed by atoms with Gasteiger partial charge in [0.25, 0.3) is 0 Å². The molecule has 1 amide bonds. The summed E-state index contributed by atoms with van der Waals surface area (Å²) >= 11 is 0. The summed E-state index contributed by atoms with van der Waals surface area (Å²) in [6.07, 6.45) is 0.593. The van der Waals surface area contributed by atoms with E-state index in [1.807, 2.05) is 0 Å². The molecule has 16 heavy (non-hydrogen) atoms. The van der Waals surface area contributed by atoms with Gasteiger partial charge in [-0.25, -0.2) is 0 Å². The normalized spacial score (nSPS) is 12.8. The molecule has 0 aromatic heterocycles. The minimum atomic E-state index is 0.108. The monoisotopic (exact) mass is 231 g/mol. The summed E-state index contributed by atoms with van der Waals surface area (Å²) in [5.41, 5.74) is 0. The highest BCUT2D eigenvalue weighted by molar-refractivity contribution is 5.76. The van der Waals surface area contributed by atoms with E-state index in [9.17, 15) is 4.79 Å². The lowest BCUT2D eigenvalue weighted by Gasteiger charge is -2.14. The van der Waals surface area contributed by atoms with Crippen molar-refractivity contribution in [1.82, 2.24) is 5.32 Å². The van der Waals surface area contributed by atoms with Crippen LogP contribution in [0.15, 0.2) is 0 Å². The molecule has 1 atom stereocenters. The molecule has 1 unspecified atom stereocenters. The van der Waals surface area contributed by atoms with Crippen molar-refractivity contribution < 1.29 is 14.3 Å². The third kappa shape index (κ3) is 8.68. The summed E-state index contributed by atoms with van der Waals surface area (Å²) in [6.45, 7) is 8.66. The molecule has 4 heteroatoms. The Bertz CT molecular complexity index is 183. The third-order valence-electron chi connectivity index (χ3n) is 2.65. The van der Waals surface area contributed by atoms with Gasteiger partial charge in [0.05, 0.1) is 19.8 Å². The third-order valence-corrected chi connectivity index (χ3v) is 2.65. The minimum Gasteiger partial charge on any atom is -0.382 e. The highest BCUT2D eigenvalue weighted by Crippen LogP contribution is 2.13. The van der Waals surface area contributed by atoms with Gasteiger partial charge in [0.1, 0.15) is 0 Å². The van der Waals surface area contributed by atoms with Gasteiger partial charge in [0.15, 0.2) is 0 Å². The van der Waals surface area contributed by atoms with Gasteiger partial charge in [-0.05, 0) is 11.8 Å². The fourth-order valence-electron chi connectivity index (χ4n) is 1.11. The molecule has 0 bridgehead atoms. The van der Waals surface area contributed by atoms with Crippen LogP contribution < -0.4 is 5.32 Å². The number of hydrogen-bond donors (Lipinski definition) is 1. The number of hydrogen-bond acceptors (Lipinski definition) is 3. The molecule has 0 aromatic carbocycles. The van der Waals surface area contributed by atoms with E-state index in [-0.39, 0.29) is 5.91 Å². The average Bonchev–Trinajstić information content (AvgIpc) is 2.23. The standard InChI is InChI=1S/C12H25NO3/c1-10(2)11(3)9-12(14)13-5-6-16-8-7-15-4/h10-11H,5-9H2,1-4H3,(H,13,14). The Kier molecular flexibility index (Phi) is 9.24. The first kappa shape index (κ1) is 15.4. The van der Waals surface area contributed by atoms with Crippen LogP contribution in [0.5, 0.6) is 0 Å². The predicted molar refractivity (Wildman–Crippen MR) is 64.3 cm³/mol.